The standard InChI is InChI=1S/C11H19N3O2/c1-11(2,3)10(15)12-6-8-7-14(4)13-9(8)16-5/h7H,6H2,1-5H3,(H,12,15). The first-order chi connectivity index (χ1) is 7.34. The molecule has 0 radical (unpaired) electrons. The molecule has 0 spiro atoms. The topological polar surface area (TPSA) is 56.1 Å². The van der Waals surface area contributed by atoms with Crippen LogP contribution in [0.2, 0.25) is 0 Å². The lowest BCUT2D eigenvalue weighted by Crippen LogP contribution is -2.34. The molecule has 90 valence electrons. The Morgan fingerprint density at radius 3 is 2.69 bits per heavy atom. The Kier molecular flexibility index (Phi) is 3.57. The van der Waals surface area contributed by atoms with Gasteiger partial charge in [-0.3, -0.25) is 9.48 Å². The number of carbonyl (C=O) groups excluding carboxylic acids is 1. The van der Waals surface area contributed by atoms with Gasteiger partial charge < -0.3 is 10.1 Å². The monoisotopic (exact) mass is 225 g/mol. The largest absolute Gasteiger partial charge is 0.480 e. The van der Waals surface area contributed by atoms with Gasteiger partial charge in [-0.25, -0.2) is 0 Å². The van der Waals surface area contributed by atoms with Crippen molar-refractivity contribution in [2.45, 2.75) is 27.3 Å². The van der Waals surface area contributed by atoms with Gasteiger partial charge in [0.15, 0.2) is 0 Å². The summed E-state index contributed by atoms with van der Waals surface area (Å²) >= 11 is 0. The van der Waals surface area contributed by atoms with E-state index in [4.69, 9.17) is 4.74 Å². The van der Waals surface area contributed by atoms with Gasteiger partial charge >= 0.3 is 0 Å². The normalized spacial score (nSPS) is 11.3. The number of nitrogens with zero attached hydrogens (tertiary/aromatic N) is 2. The molecule has 0 atom stereocenters. The van der Waals surface area contributed by atoms with E-state index in [1.165, 1.54) is 0 Å². The number of ether oxygens (including phenoxy) is 1. The first-order valence-corrected chi connectivity index (χ1v) is 5.19. The van der Waals surface area contributed by atoms with Gasteiger partial charge in [0.2, 0.25) is 11.8 Å². The van der Waals surface area contributed by atoms with E-state index < -0.39 is 0 Å². The average Bonchev–Trinajstić information content (AvgIpc) is 2.53. The minimum Gasteiger partial charge on any atom is -0.480 e. The zero-order chi connectivity index (χ0) is 12.3. The van der Waals surface area contributed by atoms with Gasteiger partial charge in [-0.15, -0.1) is 5.10 Å². The van der Waals surface area contributed by atoms with Crippen LogP contribution in [0.4, 0.5) is 0 Å². The highest BCUT2D eigenvalue weighted by molar-refractivity contribution is 5.81. The van der Waals surface area contributed by atoms with Crippen molar-refractivity contribution in [1.82, 2.24) is 15.1 Å². The molecule has 16 heavy (non-hydrogen) atoms. The molecule has 0 unspecified atom stereocenters. The van der Waals surface area contributed by atoms with Crippen molar-refractivity contribution in [2.24, 2.45) is 12.5 Å². The van der Waals surface area contributed by atoms with Gasteiger partial charge in [0.1, 0.15) is 0 Å². The lowest BCUT2D eigenvalue weighted by molar-refractivity contribution is -0.128. The molecule has 0 saturated heterocycles. The van der Waals surface area contributed by atoms with Crippen molar-refractivity contribution in [3.8, 4) is 5.88 Å². The van der Waals surface area contributed by atoms with E-state index in [-0.39, 0.29) is 11.3 Å². The molecule has 1 rings (SSSR count). The molecule has 0 aliphatic carbocycles. The van der Waals surface area contributed by atoms with Crippen LogP contribution >= 0.6 is 0 Å². The highest BCUT2D eigenvalue weighted by Crippen LogP contribution is 2.16. The second-order valence-corrected chi connectivity index (χ2v) is 4.77. The SMILES string of the molecule is COc1nn(C)cc1CNC(=O)C(C)(C)C. The fourth-order valence-corrected chi connectivity index (χ4v) is 1.25. The van der Waals surface area contributed by atoms with Crippen molar-refractivity contribution < 1.29 is 9.53 Å². The second-order valence-electron chi connectivity index (χ2n) is 4.77. The summed E-state index contributed by atoms with van der Waals surface area (Å²) in [6, 6.07) is 0. The molecule has 1 heterocycles. The van der Waals surface area contributed by atoms with Crippen LogP contribution in [0.5, 0.6) is 5.88 Å². The van der Waals surface area contributed by atoms with Crippen LogP contribution in [0.25, 0.3) is 0 Å². The van der Waals surface area contributed by atoms with Gasteiger partial charge in [-0.05, 0) is 0 Å². The maximum Gasteiger partial charge on any atom is 0.237 e. The highest BCUT2D eigenvalue weighted by Gasteiger charge is 2.21. The van der Waals surface area contributed by atoms with E-state index >= 15 is 0 Å². The fourth-order valence-electron chi connectivity index (χ4n) is 1.25. The van der Waals surface area contributed by atoms with Crippen LogP contribution in [0.1, 0.15) is 26.3 Å². The first-order valence-electron chi connectivity index (χ1n) is 5.19. The summed E-state index contributed by atoms with van der Waals surface area (Å²) in [5, 5.41) is 6.97. The fraction of sp³-hybridized carbons (Fsp3) is 0.636. The molecule has 1 N–H and O–H groups in total. The molecule has 1 aromatic heterocycles. The van der Waals surface area contributed by atoms with E-state index in [2.05, 4.69) is 10.4 Å². The smallest absolute Gasteiger partial charge is 0.237 e. The number of amides is 1. The summed E-state index contributed by atoms with van der Waals surface area (Å²) in [6.45, 7) is 6.07. The number of aromatic nitrogens is 2. The minimum absolute atomic E-state index is 0.0124. The lowest BCUT2D eigenvalue weighted by atomic mass is 9.96. The van der Waals surface area contributed by atoms with E-state index in [1.54, 1.807) is 11.8 Å². The molecule has 1 amide bonds. The first kappa shape index (κ1) is 12.5. The Morgan fingerprint density at radius 2 is 2.19 bits per heavy atom. The van der Waals surface area contributed by atoms with Gasteiger partial charge in [0.25, 0.3) is 0 Å². The average molecular weight is 225 g/mol. The second kappa shape index (κ2) is 4.55. The van der Waals surface area contributed by atoms with E-state index in [0.717, 1.165) is 5.56 Å². The van der Waals surface area contributed by atoms with Crippen LogP contribution < -0.4 is 10.1 Å². The molecule has 5 nitrogen and oxygen atoms in total. The predicted molar refractivity (Wildman–Crippen MR) is 61.1 cm³/mol. The Bertz CT molecular complexity index is 377. The third kappa shape index (κ3) is 2.98. The molecule has 0 bridgehead atoms. The molecule has 0 aromatic carbocycles. The summed E-state index contributed by atoms with van der Waals surface area (Å²) in [6.07, 6.45) is 1.84. The highest BCUT2D eigenvalue weighted by atomic mass is 16.5. The maximum absolute atomic E-state index is 11.7. The number of carbonyl (C=O) groups is 1. The number of hydrogen-bond acceptors (Lipinski definition) is 3. The predicted octanol–water partition coefficient (Wildman–Crippen LogP) is 1.09. The molecule has 0 saturated carbocycles. The van der Waals surface area contributed by atoms with Crippen LogP contribution in [-0.2, 0) is 18.4 Å². The van der Waals surface area contributed by atoms with Crippen LogP contribution in [0.15, 0.2) is 6.20 Å². The molecular formula is C11H19N3O2. The van der Waals surface area contributed by atoms with Crippen molar-refractivity contribution in [3.05, 3.63) is 11.8 Å². The maximum atomic E-state index is 11.7. The minimum atomic E-state index is -0.380. The summed E-state index contributed by atoms with van der Waals surface area (Å²) < 4.78 is 6.76. The summed E-state index contributed by atoms with van der Waals surface area (Å²) in [4.78, 5) is 11.7. The van der Waals surface area contributed by atoms with Gasteiger partial charge in [0.05, 0.1) is 12.7 Å². The number of nitrogens with one attached hydrogen (secondary N) is 1. The van der Waals surface area contributed by atoms with Crippen LogP contribution in [0, 0.1) is 5.41 Å². The molecule has 5 heteroatoms. The van der Waals surface area contributed by atoms with Gasteiger partial charge in [-0.2, -0.15) is 0 Å². The molecular weight excluding hydrogens is 206 g/mol. The number of aryl methyl sites for hydroxylation is 1. The third-order valence-corrected chi connectivity index (χ3v) is 2.18. The van der Waals surface area contributed by atoms with Crippen molar-refractivity contribution in [3.63, 3.8) is 0 Å². The summed E-state index contributed by atoms with van der Waals surface area (Å²) in [7, 11) is 3.38. The van der Waals surface area contributed by atoms with Crippen molar-refractivity contribution in [2.75, 3.05) is 7.11 Å². The van der Waals surface area contributed by atoms with Crippen molar-refractivity contribution >= 4 is 5.91 Å². The summed E-state index contributed by atoms with van der Waals surface area (Å²) in [5.41, 5.74) is 0.498. The quantitative estimate of drug-likeness (QED) is 0.837. The molecule has 1 aromatic rings. The number of hydrogen-bond donors (Lipinski definition) is 1. The van der Waals surface area contributed by atoms with E-state index in [9.17, 15) is 4.79 Å². The van der Waals surface area contributed by atoms with Crippen LogP contribution in [-0.4, -0.2) is 22.8 Å². The number of rotatable bonds is 3. The Labute approximate surface area is 95.8 Å². The van der Waals surface area contributed by atoms with E-state index in [1.807, 2.05) is 34.0 Å². The van der Waals surface area contributed by atoms with E-state index in [0.29, 0.717) is 12.4 Å². The Balaban J connectivity index is 2.64. The Hall–Kier alpha value is -1.52. The zero-order valence-electron chi connectivity index (χ0n) is 10.5. The van der Waals surface area contributed by atoms with Gasteiger partial charge in [-0.1, -0.05) is 20.8 Å². The third-order valence-electron chi connectivity index (χ3n) is 2.18. The lowest BCUT2D eigenvalue weighted by Gasteiger charge is -2.17. The van der Waals surface area contributed by atoms with Crippen molar-refractivity contribution in [1.29, 1.82) is 0 Å². The van der Waals surface area contributed by atoms with Gasteiger partial charge in [0, 0.05) is 25.2 Å². The molecule has 0 aliphatic heterocycles. The Morgan fingerprint density at radius 1 is 1.56 bits per heavy atom. The summed E-state index contributed by atoms with van der Waals surface area (Å²) in [5.74, 6) is 0.565. The van der Waals surface area contributed by atoms with Crippen LogP contribution in [0.3, 0.4) is 0 Å². The number of methoxy groups -OCH3 is 1. The molecule has 0 aliphatic rings. The zero-order valence-corrected chi connectivity index (χ0v) is 10.5. The molecule has 0 fully saturated rings.